The summed E-state index contributed by atoms with van der Waals surface area (Å²) in [6.07, 6.45) is 5.34. The van der Waals surface area contributed by atoms with E-state index < -0.39 is 0 Å². The number of aromatic nitrogens is 1. The lowest BCUT2D eigenvalue weighted by Gasteiger charge is -2.16. The zero-order chi connectivity index (χ0) is 9.97. The van der Waals surface area contributed by atoms with Crippen molar-refractivity contribution in [3.05, 3.63) is 17.5 Å². The predicted molar refractivity (Wildman–Crippen MR) is 55.0 cm³/mol. The first-order valence-corrected chi connectivity index (χ1v) is 5.45. The van der Waals surface area contributed by atoms with Gasteiger partial charge in [0.25, 0.3) is 0 Å². The van der Waals surface area contributed by atoms with E-state index in [4.69, 9.17) is 4.52 Å². The van der Waals surface area contributed by atoms with Gasteiger partial charge in [0.2, 0.25) is 0 Å². The molecule has 0 saturated heterocycles. The standard InChI is InChI=1S/C11H18N2O/c1-8-7-11(13-14-8)9(2)12-10-5-3-4-6-10/h7,9-10,12H,3-6H2,1-2H3/t9-/m1/s1. The molecule has 1 saturated carbocycles. The van der Waals surface area contributed by atoms with E-state index in [-0.39, 0.29) is 0 Å². The molecular formula is C11H18N2O. The molecule has 0 spiro atoms. The number of nitrogens with one attached hydrogen (secondary N) is 1. The molecule has 1 heterocycles. The summed E-state index contributed by atoms with van der Waals surface area (Å²) in [5.74, 6) is 0.889. The highest BCUT2D eigenvalue weighted by Crippen LogP contribution is 2.21. The molecule has 1 aromatic heterocycles. The molecule has 1 aliphatic carbocycles. The van der Waals surface area contributed by atoms with Crippen LogP contribution in [0.3, 0.4) is 0 Å². The Morgan fingerprint density at radius 1 is 1.50 bits per heavy atom. The third-order valence-electron chi connectivity index (χ3n) is 2.93. The van der Waals surface area contributed by atoms with Gasteiger partial charge in [0, 0.05) is 12.1 Å². The molecule has 3 nitrogen and oxygen atoms in total. The average Bonchev–Trinajstić information content (AvgIpc) is 2.75. The number of nitrogens with zero attached hydrogens (tertiary/aromatic N) is 1. The van der Waals surface area contributed by atoms with Crippen LogP contribution in [0.4, 0.5) is 0 Å². The maximum Gasteiger partial charge on any atom is 0.133 e. The Kier molecular flexibility index (Phi) is 2.87. The van der Waals surface area contributed by atoms with Gasteiger partial charge in [-0.3, -0.25) is 0 Å². The van der Waals surface area contributed by atoms with E-state index in [2.05, 4.69) is 17.4 Å². The maximum absolute atomic E-state index is 5.06. The van der Waals surface area contributed by atoms with E-state index in [1.54, 1.807) is 0 Å². The Balaban J connectivity index is 1.91. The van der Waals surface area contributed by atoms with E-state index >= 15 is 0 Å². The van der Waals surface area contributed by atoms with Crippen LogP contribution < -0.4 is 5.32 Å². The second-order valence-corrected chi connectivity index (χ2v) is 4.23. The summed E-state index contributed by atoms with van der Waals surface area (Å²) in [5, 5.41) is 7.61. The molecule has 0 radical (unpaired) electrons. The summed E-state index contributed by atoms with van der Waals surface area (Å²) >= 11 is 0. The molecule has 3 heteroatoms. The minimum atomic E-state index is 0.315. The van der Waals surface area contributed by atoms with E-state index in [1.807, 2.05) is 13.0 Å². The Labute approximate surface area is 84.9 Å². The van der Waals surface area contributed by atoms with Crippen LogP contribution in [-0.2, 0) is 0 Å². The number of hydrogen-bond donors (Lipinski definition) is 1. The molecule has 0 aromatic carbocycles. The molecule has 0 aliphatic heterocycles. The van der Waals surface area contributed by atoms with Gasteiger partial charge in [0.1, 0.15) is 11.5 Å². The van der Waals surface area contributed by atoms with Crippen molar-refractivity contribution in [1.29, 1.82) is 0 Å². The van der Waals surface area contributed by atoms with Gasteiger partial charge in [0.15, 0.2) is 0 Å². The normalized spacial score (nSPS) is 20.1. The van der Waals surface area contributed by atoms with Crippen molar-refractivity contribution >= 4 is 0 Å². The average molecular weight is 194 g/mol. The number of aryl methyl sites for hydroxylation is 1. The zero-order valence-electron chi connectivity index (χ0n) is 8.92. The van der Waals surface area contributed by atoms with Crippen LogP contribution in [0, 0.1) is 6.92 Å². The molecule has 0 amide bonds. The molecule has 0 bridgehead atoms. The first-order valence-electron chi connectivity index (χ1n) is 5.45. The van der Waals surface area contributed by atoms with Crippen LogP contribution in [0.5, 0.6) is 0 Å². The van der Waals surface area contributed by atoms with Gasteiger partial charge < -0.3 is 9.84 Å². The third-order valence-corrected chi connectivity index (χ3v) is 2.93. The highest BCUT2D eigenvalue weighted by atomic mass is 16.5. The third kappa shape index (κ3) is 2.15. The lowest BCUT2D eigenvalue weighted by molar-refractivity contribution is 0.372. The fraction of sp³-hybridized carbons (Fsp3) is 0.727. The quantitative estimate of drug-likeness (QED) is 0.803. The maximum atomic E-state index is 5.06. The molecular weight excluding hydrogens is 176 g/mol. The Morgan fingerprint density at radius 3 is 2.79 bits per heavy atom. The number of hydrogen-bond acceptors (Lipinski definition) is 3. The summed E-state index contributed by atoms with van der Waals surface area (Å²) in [7, 11) is 0. The van der Waals surface area contributed by atoms with Crippen LogP contribution in [0.25, 0.3) is 0 Å². The topological polar surface area (TPSA) is 38.1 Å². The Morgan fingerprint density at radius 2 is 2.21 bits per heavy atom. The van der Waals surface area contributed by atoms with Crippen molar-refractivity contribution in [2.24, 2.45) is 0 Å². The van der Waals surface area contributed by atoms with Crippen molar-refractivity contribution in [3.8, 4) is 0 Å². The van der Waals surface area contributed by atoms with Crippen LogP contribution in [0.1, 0.15) is 50.1 Å². The lowest BCUT2D eigenvalue weighted by atomic mass is 10.1. The van der Waals surface area contributed by atoms with E-state index in [1.165, 1.54) is 25.7 Å². The zero-order valence-corrected chi connectivity index (χ0v) is 8.92. The molecule has 1 aliphatic rings. The molecule has 1 aromatic rings. The van der Waals surface area contributed by atoms with E-state index in [0.717, 1.165) is 11.5 Å². The smallest absolute Gasteiger partial charge is 0.133 e. The van der Waals surface area contributed by atoms with Gasteiger partial charge in [0.05, 0.1) is 6.04 Å². The second-order valence-electron chi connectivity index (χ2n) is 4.23. The molecule has 2 rings (SSSR count). The fourth-order valence-corrected chi connectivity index (χ4v) is 2.12. The highest BCUT2D eigenvalue weighted by molar-refractivity contribution is 5.08. The summed E-state index contributed by atoms with van der Waals surface area (Å²) in [4.78, 5) is 0. The van der Waals surface area contributed by atoms with Gasteiger partial charge in [-0.25, -0.2) is 0 Å². The monoisotopic (exact) mass is 194 g/mol. The van der Waals surface area contributed by atoms with Crippen molar-refractivity contribution in [2.75, 3.05) is 0 Å². The summed E-state index contributed by atoms with van der Waals surface area (Å²) < 4.78 is 5.06. The van der Waals surface area contributed by atoms with E-state index in [0.29, 0.717) is 12.1 Å². The first kappa shape index (κ1) is 9.71. The van der Waals surface area contributed by atoms with Crippen molar-refractivity contribution in [2.45, 2.75) is 51.6 Å². The van der Waals surface area contributed by atoms with Gasteiger partial charge in [-0.2, -0.15) is 0 Å². The minimum absolute atomic E-state index is 0.315. The molecule has 0 unspecified atom stereocenters. The van der Waals surface area contributed by atoms with Crippen molar-refractivity contribution < 1.29 is 4.52 Å². The van der Waals surface area contributed by atoms with Gasteiger partial charge >= 0.3 is 0 Å². The van der Waals surface area contributed by atoms with Gasteiger partial charge in [-0.1, -0.05) is 18.0 Å². The van der Waals surface area contributed by atoms with E-state index in [9.17, 15) is 0 Å². The fourth-order valence-electron chi connectivity index (χ4n) is 2.12. The Hall–Kier alpha value is -0.830. The largest absolute Gasteiger partial charge is 0.361 e. The van der Waals surface area contributed by atoms with Crippen molar-refractivity contribution in [3.63, 3.8) is 0 Å². The summed E-state index contributed by atoms with van der Waals surface area (Å²) in [6, 6.07) is 3.00. The molecule has 78 valence electrons. The van der Waals surface area contributed by atoms with Crippen LogP contribution in [-0.4, -0.2) is 11.2 Å². The first-order chi connectivity index (χ1) is 6.75. The van der Waals surface area contributed by atoms with Crippen LogP contribution >= 0.6 is 0 Å². The molecule has 14 heavy (non-hydrogen) atoms. The SMILES string of the molecule is Cc1cc([C@@H](C)NC2CCCC2)no1. The minimum Gasteiger partial charge on any atom is -0.361 e. The second kappa shape index (κ2) is 4.13. The highest BCUT2D eigenvalue weighted by Gasteiger charge is 2.18. The number of rotatable bonds is 3. The van der Waals surface area contributed by atoms with Gasteiger partial charge in [-0.15, -0.1) is 0 Å². The molecule has 1 atom stereocenters. The Bertz CT molecular complexity index is 289. The predicted octanol–water partition coefficient (Wildman–Crippen LogP) is 2.58. The molecule has 1 N–H and O–H groups in total. The summed E-state index contributed by atoms with van der Waals surface area (Å²) in [5.41, 5.74) is 1.02. The molecule has 1 fully saturated rings. The lowest BCUT2D eigenvalue weighted by Crippen LogP contribution is -2.29. The van der Waals surface area contributed by atoms with Crippen LogP contribution in [0.2, 0.25) is 0 Å². The van der Waals surface area contributed by atoms with Crippen LogP contribution in [0.15, 0.2) is 10.6 Å². The van der Waals surface area contributed by atoms with Gasteiger partial charge in [-0.05, 0) is 26.7 Å². The van der Waals surface area contributed by atoms with Crippen molar-refractivity contribution in [1.82, 2.24) is 10.5 Å². The summed E-state index contributed by atoms with van der Waals surface area (Å²) in [6.45, 7) is 4.08.